The smallest absolute Gasteiger partial charge is 0.335 e. The summed E-state index contributed by atoms with van der Waals surface area (Å²) in [4.78, 5) is 19.6. The van der Waals surface area contributed by atoms with Crippen molar-refractivity contribution in [1.29, 1.82) is 0 Å². The van der Waals surface area contributed by atoms with Gasteiger partial charge in [-0.3, -0.25) is 0 Å². The number of carboxylic acid groups (broad SMARTS) is 1. The monoisotopic (exact) mass is 338 g/mol. The van der Waals surface area contributed by atoms with Crippen LogP contribution in [0, 0.1) is 12.7 Å². The van der Waals surface area contributed by atoms with Crippen molar-refractivity contribution in [3.63, 3.8) is 0 Å². The lowest BCUT2D eigenvalue weighted by Gasteiger charge is -2.11. The number of carbonyl (C=O) groups is 1. The van der Waals surface area contributed by atoms with Gasteiger partial charge < -0.3 is 15.7 Å². The zero-order valence-electron chi connectivity index (χ0n) is 13.3. The third-order valence-electron chi connectivity index (χ3n) is 3.36. The second kappa shape index (κ2) is 6.96. The molecule has 1 heterocycles. The number of hydrogen-bond donors (Lipinski definition) is 3. The molecule has 3 N–H and O–H groups in total. The van der Waals surface area contributed by atoms with E-state index in [0.29, 0.717) is 17.2 Å². The van der Waals surface area contributed by atoms with Gasteiger partial charge in [-0.05, 0) is 37.3 Å². The molecule has 3 rings (SSSR count). The van der Waals surface area contributed by atoms with Crippen LogP contribution in [0.4, 0.5) is 27.5 Å². The molecule has 3 aromatic rings. The normalized spacial score (nSPS) is 10.3. The molecular formula is C18H15FN4O2. The third-order valence-corrected chi connectivity index (χ3v) is 3.36. The molecule has 0 atom stereocenters. The van der Waals surface area contributed by atoms with Gasteiger partial charge in [-0.2, -0.15) is 4.98 Å². The minimum atomic E-state index is -1.01. The summed E-state index contributed by atoms with van der Waals surface area (Å²) in [6.07, 6.45) is 0. The number of benzene rings is 2. The van der Waals surface area contributed by atoms with Crippen LogP contribution in [0.15, 0.2) is 54.6 Å². The van der Waals surface area contributed by atoms with Crippen molar-refractivity contribution in [3.05, 3.63) is 71.7 Å². The number of aromatic nitrogens is 2. The van der Waals surface area contributed by atoms with Crippen LogP contribution in [0.25, 0.3) is 0 Å². The summed E-state index contributed by atoms with van der Waals surface area (Å²) in [6, 6.07) is 14.3. The summed E-state index contributed by atoms with van der Waals surface area (Å²) in [7, 11) is 0. The zero-order valence-corrected chi connectivity index (χ0v) is 13.3. The fourth-order valence-corrected chi connectivity index (χ4v) is 2.25. The molecule has 0 radical (unpaired) electrons. The van der Waals surface area contributed by atoms with Crippen LogP contribution >= 0.6 is 0 Å². The average molecular weight is 338 g/mol. The minimum Gasteiger partial charge on any atom is -0.478 e. The summed E-state index contributed by atoms with van der Waals surface area (Å²) in [6.45, 7) is 1.78. The molecule has 0 bridgehead atoms. The van der Waals surface area contributed by atoms with Crippen molar-refractivity contribution >= 4 is 29.1 Å². The van der Waals surface area contributed by atoms with E-state index in [-0.39, 0.29) is 17.2 Å². The first-order valence-corrected chi connectivity index (χ1v) is 7.49. The third kappa shape index (κ3) is 4.08. The molecule has 0 saturated carbocycles. The fourth-order valence-electron chi connectivity index (χ4n) is 2.25. The predicted molar refractivity (Wildman–Crippen MR) is 93.1 cm³/mol. The van der Waals surface area contributed by atoms with Crippen LogP contribution in [0.1, 0.15) is 16.1 Å². The number of halogens is 1. The quantitative estimate of drug-likeness (QED) is 0.649. The minimum absolute atomic E-state index is 0.167. The molecule has 0 aliphatic carbocycles. The summed E-state index contributed by atoms with van der Waals surface area (Å²) in [5, 5.41) is 14.9. The van der Waals surface area contributed by atoms with Crippen LogP contribution in [0.3, 0.4) is 0 Å². The maximum absolute atomic E-state index is 13.8. The Bertz CT molecular complexity index is 930. The van der Waals surface area contributed by atoms with Gasteiger partial charge in [-0.15, -0.1) is 0 Å². The van der Waals surface area contributed by atoms with Crippen molar-refractivity contribution in [3.8, 4) is 0 Å². The maximum atomic E-state index is 13.8. The van der Waals surface area contributed by atoms with Gasteiger partial charge in [0.15, 0.2) is 0 Å². The lowest BCUT2D eigenvalue weighted by atomic mass is 10.2. The molecule has 6 nitrogen and oxygen atoms in total. The average Bonchev–Trinajstić information content (AvgIpc) is 2.57. The second-order valence-corrected chi connectivity index (χ2v) is 5.33. The molecule has 0 aliphatic heterocycles. The Kier molecular flexibility index (Phi) is 4.56. The van der Waals surface area contributed by atoms with Gasteiger partial charge in [0.2, 0.25) is 5.95 Å². The van der Waals surface area contributed by atoms with Gasteiger partial charge in [0.05, 0.1) is 11.3 Å². The Morgan fingerprint density at radius 3 is 2.60 bits per heavy atom. The zero-order chi connectivity index (χ0) is 17.8. The molecule has 0 unspecified atom stereocenters. The van der Waals surface area contributed by atoms with E-state index in [1.807, 2.05) is 0 Å². The first kappa shape index (κ1) is 16.4. The van der Waals surface area contributed by atoms with Crippen LogP contribution < -0.4 is 10.6 Å². The highest BCUT2D eigenvalue weighted by Gasteiger charge is 2.08. The first-order chi connectivity index (χ1) is 12.0. The highest BCUT2D eigenvalue weighted by atomic mass is 19.1. The van der Waals surface area contributed by atoms with Gasteiger partial charge in [-0.1, -0.05) is 18.2 Å². The van der Waals surface area contributed by atoms with E-state index in [0.717, 1.165) is 0 Å². The Hall–Kier alpha value is -3.48. The molecule has 0 amide bonds. The topological polar surface area (TPSA) is 87.1 Å². The second-order valence-electron chi connectivity index (χ2n) is 5.33. The van der Waals surface area contributed by atoms with E-state index in [1.54, 1.807) is 43.3 Å². The van der Waals surface area contributed by atoms with Gasteiger partial charge in [0.1, 0.15) is 11.6 Å². The Morgan fingerprint density at radius 2 is 1.84 bits per heavy atom. The SMILES string of the molecule is Cc1cc(Nc2cccc(C(=O)O)c2)nc(Nc2ccccc2F)n1. The number of hydrogen-bond acceptors (Lipinski definition) is 5. The molecule has 0 fully saturated rings. The van der Waals surface area contributed by atoms with Crippen molar-refractivity contribution in [2.75, 3.05) is 10.6 Å². The summed E-state index contributed by atoms with van der Waals surface area (Å²) in [5.74, 6) is -0.712. The number of rotatable bonds is 5. The van der Waals surface area contributed by atoms with Crippen molar-refractivity contribution in [1.82, 2.24) is 9.97 Å². The summed E-state index contributed by atoms with van der Waals surface area (Å²) in [5.41, 5.74) is 1.69. The number of nitrogens with one attached hydrogen (secondary N) is 2. The molecule has 7 heteroatoms. The van der Waals surface area contributed by atoms with Crippen LogP contribution in [-0.4, -0.2) is 21.0 Å². The van der Waals surface area contributed by atoms with E-state index in [9.17, 15) is 9.18 Å². The van der Waals surface area contributed by atoms with Crippen molar-refractivity contribution in [2.45, 2.75) is 6.92 Å². The van der Waals surface area contributed by atoms with Crippen LogP contribution in [0.5, 0.6) is 0 Å². The summed E-state index contributed by atoms with van der Waals surface area (Å²) >= 11 is 0. The van der Waals surface area contributed by atoms with Gasteiger partial charge in [-0.25, -0.2) is 14.2 Å². The molecular weight excluding hydrogens is 323 g/mol. The van der Waals surface area contributed by atoms with E-state index < -0.39 is 11.8 Å². The number of aryl methyl sites for hydroxylation is 1. The van der Waals surface area contributed by atoms with Gasteiger partial charge in [0.25, 0.3) is 0 Å². The van der Waals surface area contributed by atoms with Gasteiger partial charge in [0, 0.05) is 17.4 Å². The first-order valence-electron chi connectivity index (χ1n) is 7.49. The lowest BCUT2D eigenvalue weighted by molar-refractivity contribution is 0.0697. The highest BCUT2D eigenvalue weighted by molar-refractivity contribution is 5.89. The Balaban J connectivity index is 1.86. The number of carboxylic acids is 1. The lowest BCUT2D eigenvalue weighted by Crippen LogP contribution is -2.04. The number of anilines is 4. The summed E-state index contributed by atoms with van der Waals surface area (Å²) < 4.78 is 13.8. The maximum Gasteiger partial charge on any atom is 0.335 e. The standard InChI is InChI=1S/C18H15FN4O2/c1-11-9-16(21-13-6-4-5-12(10-13)17(24)25)23-18(20-11)22-15-8-3-2-7-14(15)19/h2-10H,1H3,(H,24,25)(H2,20,21,22,23). The van der Waals surface area contributed by atoms with E-state index in [2.05, 4.69) is 20.6 Å². The molecule has 126 valence electrons. The van der Waals surface area contributed by atoms with Crippen LogP contribution in [-0.2, 0) is 0 Å². The van der Waals surface area contributed by atoms with Gasteiger partial charge >= 0.3 is 5.97 Å². The predicted octanol–water partition coefficient (Wildman–Crippen LogP) is 4.11. The van der Waals surface area contributed by atoms with Crippen molar-refractivity contribution in [2.24, 2.45) is 0 Å². The highest BCUT2D eigenvalue weighted by Crippen LogP contribution is 2.21. The number of aromatic carboxylic acids is 1. The van der Waals surface area contributed by atoms with E-state index >= 15 is 0 Å². The Labute approximate surface area is 143 Å². The largest absolute Gasteiger partial charge is 0.478 e. The molecule has 0 aliphatic rings. The number of nitrogens with zero attached hydrogens (tertiary/aromatic N) is 2. The molecule has 2 aromatic carbocycles. The van der Waals surface area contributed by atoms with Crippen molar-refractivity contribution < 1.29 is 14.3 Å². The molecule has 25 heavy (non-hydrogen) atoms. The van der Waals surface area contributed by atoms with E-state index in [4.69, 9.17) is 5.11 Å². The molecule has 0 saturated heterocycles. The number of para-hydroxylation sites is 1. The van der Waals surface area contributed by atoms with E-state index in [1.165, 1.54) is 18.2 Å². The molecule has 0 spiro atoms. The van der Waals surface area contributed by atoms with Crippen LogP contribution in [0.2, 0.25) is 0 Å². The Morgan fingerprint density at radius 1 is 1.04 bits per heavy atom. The fraction of sp³-hybridized carbons (Fsp3) is 0.0556. The molecule has 1 aromatic heterocycles.